The van der Waals surface area contributed by atoms with Gasteiger partial charge in [0, 0.05) is 28.0 Å². The summed E-state index contributed by atoms with van der Waals surface area (Å²) in [5.41, 5.74) is 7.86. The van der Waals surface area contributed by atoms with Crippen molar-refractivity contribution in [1.29, 1.82) is 0 Å². The molecule has 1 amide bonds. The van der Waals surface area contributed by atoms with Crippen LogP contribution in [0.25, 0.3) is 22.2 Å². The number of carbonyl (C=O) groups excluding carboxylic acids is 1. The van der Waals surface area contributed by atoms with Crippen LogP contribution in [0.1, 0.15) is 10.4 Å². The monoisotopic (exact) mass is 351 g/mol. The second kappa shape index (κ2) is 5.72. The molecule has 22 heavy (non-hydrogen) atoms. The first-order chi connectivity index (χ1) is 10.5. The second-order valence-corrected chi connectivity index (χ2v) is 5.81. The van der Waals surface area contributed by atoms with E-state index in [1.165, 1.54) is 6.20 Å². The predicted octanol–water partition coefficient (Wildman–Crippen LogP) is 4.36. The number of pyridine rings is 2. The summed E-state index contributed by atoms with van der Waals surface area (Å²) >= 11 is 18.3. The second-order valence-electron chi connectivity index (χ2n) is 4.56. The Morgan fingerprint density at radius 1 is 1.00 bits per heavy atom. The zero-order chi connectivity index (χ0) is 15.9. The number of carbonyl (C=O) groups is 1. The first-order valence-corrected chi connectivity index (χ1v) is 7.30. The predicted molar refractivity (Wildman–Crippen MR) is 88.5 cm³/mol. The number of primary amides is 1. The number of aromatic nitrogens is 2. The van der Waals surface area contributed by atoms with Crippen LogP contribution in [-0.4, -0.2) is 15.9 Å². The Balaban J connectivity index is 2.32. The van der Waals surface area contributed by atoms with Crippen molar-refractivity contribution in [2.75, 3.05) is 0 Å². The Kier molecular flexibility index (Phi) is 3.91. The third-order valence-electron chi connectivity index (χ3n) is 3.13. The molecule has 2 heterocycles. The van der Waals surface area contributed by atoms with Gasteiger partial charge in [-0.1, -0.05) is 34.8 Å². The van der Waals surface area contributed by atoms with Gasteiger partial charge in [0.15, 0.2) is 0 Å². The summed E-state index contributed by atoms with van der Waals surface area (Å²) in [6, 6.07) is 6.94. The molecule has 0 fully saturated rings. The third-order valence-corrected chi connectivity index (χ3v) is 3.95. The Morgan fingerprint density at radius 2 is 1.68 bits per heavy atom. The van der Waals surface area contributed by atoms with E-state index in [0.717, 1.165) is 11.1 Å². The highest BCUT2D eigenvalue weighted by Gasteiger charge is 2.15. The van der Waals surface area contributed by atoms with Gasteiger partial charge in [-0.2, -0.15) is 0 Å². The summed E-state index contributed by atoms with van der Waals surface area (Å²) in [6.07, 6.45) is 2.91. The lowest BCUT2D eigenvalue weighted by atomic mass is 10.0. The van der Waals surface area contributed by atoms with Crippen LogP contribution < -0.4 is 5.73 Å². The molecule has 1 aromatic carbocycles. The molecule has 110 valence electrons. The van der Waals surface area contributed by atoms with E-state index in [-0.39, 0.29) is 10.6 Å². The molecular formula is C15H8Cl3N3O. The first kappa shape index (κ1) is 15.0. The number of halogens is 3. The molecule has 0 bridgehead atoms. The Morgan fingerprint density at radius 3 is 2.32 bits per heavy atom. The van der Waals surface area contributed by atoms with Crippen LogP contribution in [0, 0.1) is 0 Å². The first-order valence-electron chi connectivity index (χ1n) is 6.17. The topological polar surface area (TPSA) is 68.9 Å². The smallest absolute Gasteiger partial charge is 0.251 e. The minimum absolute atomic E-state index is 0.128. The van der Waals surface area contributed by atoms with E-state index >= 15 is 0 Å². The van der Waals surface area contributed by atoms with Crippen LogP contribution in [0.2, 0.25) is 15.1 Å². The fraction of sp³-hybridized carbons (Fsp3) is 0. The number of fused-ring (bicyclic) bond motifs is 1. The molecule has 0 spiro atoms. The summed E-state index contributed by atoms with van der Waals surface area (Å²) in [6.45, 7) is 0. The quantitative estimate of drug-likeness (QED) is 0.745. The maximum absolute atomic E-state index is 11.3. The van der Waals surface area contributed by atoms with E-state index in [9.17, 15) is 4.79 Å². The average molecular weight is 353 g/mol. The van der Waals surface area contributed by atoms with E-state index in [1.807, 2.05) is 0 Å². The van der Waals surface area contributed by atoms with Crippen LogP contribution in [0.15, 0.2) is 36.7 Å². The minimum atomic E-state index is -0.655. The Bertz CT molecular complexity index is 892. The molecule has 0 aliphatic heterocycles. The molecule has 0 aliphatic rings. The van der Waals surface area contributed by atoms with Gasteiger partial charge in [-0.25, -0.2) is 0 Å². The van der Waals surface area contributed by atoms with E-state index in [2.05, 4.69) is 9.97 Å². The Hall–Kier alpha value is -1.88. The SMILES string of the molecule is NC(=O)c1cnc2c(-c3cc(Cl)cc(Cl)c3)ccnc2c1Cl. The molecule has 2 aromatic heterocycles. The summed E-state index contributed by atoms with van der Waals surface area (Å²) < 4.78 is 0. The molecule has 0 unspecified atom stereocenters. The molecule has 3 aromatic rings. The summed E-state index contributed by atoms with van der Waals surface area (Å²) in [5.74, 6) is -0.655. The van der Waals surface area contributed by atoms with Gasteiger partial charge in [0.05, 0.1) is 16.1 Å². The highest BCUT2D eigenvalue weighted by atomic mass is 35.5. The number of nitrogens with two attached hydrogens (primary N) is 1. The van der Waals surface area contributed by atoms with Crippen LogP contribution in [0.4, 0.5) is 0 Å². The lowest BCUT2D eigenvalue weighted by Gasteiger charge is -2.09. The molecule has 0 radical (unpaired) electrons. The number of amides is 1. The van der Waals surface area contributed by atoms with Crippen LogP contribution in [0.5, 0.6) is 0 Å². The normalized spacial score (nSPS) is 10.9. The molecule has 3 rings (SSSR count). The largest absolute Gasteiger partial charge is 0.366 e. The highest BCUT2D eigenvalue weighted by Crippen LogP contribution is 2.33. The van der Waals surface area contributed by atoms with Crippen molar-refractivity contribution < 1.29 is 4.79 Å². The number of benzene rings is 1. The van der Waals surface area contributed by atoms with Gasteiger partial charge in [0.1, 0.15) is 5.52 Å². The van der Waals surface area contributed by atoms with Crippen molar-refractivity contribution in [2.45, 2.75) is 0 Å². The fourth-order valence-electron chi connectivity index (χ4n) is 2.17. The molecule has 4 nitrogen and oxygen atoms in total. The molecular weight excluding hydrogens is 345 g/mol. The number of hydrogen-bond acceptors (Lipinski definition) is 3. The van der Waals surface area contributed by atoms with Crippen LogP contribution in [0.3, 0.4) is 0 Å². The maximum Gasteiger partial charge on any atom is 0.251 e. The number of nitrogens with zero attached hydrogens (tertiary/aromatic N) is 2. The number of rotatable bonds is 2. The maximum atomic E-state index is 11.3. The van der Waals surface area contributed by atoms with Gasteiger partial charge in [-0.15, -0.1) is 0 Å². The van der Waals surface area contributed by atoms with Crippen molar-refractivity contribution in [1.82, 2.24) is 9.97 Å². The van der Waals surface area contributed by atoms with Gasteiger partial charge < -0.3 is 5.73 Å². The van der Waals surface area contributed by atoms with Crippen molar-refractivity contribution >= 4 is 51.7 Å². The van der Waals surface area contributed by atoms with E-state index in [0.29, 0.717) is 21.1 Å². The van der Waals surface area contributed by atoms with E-state index in [4.69, 9.17) is 40.5 Å². The van der Waals surface area contributed by atoms with Gasteiger partial charge >= 0.3 is 0 Å². The van der Waals surface area contributed by atoms with Crippen molar-refractivity contribution in [2.24, 2.45) is 5.73 Å². The summed E-state index contributed by atoms with van der Waals surface area (Å²) in [4.78, 5) is 19.8. The summed E-state index contributed by atoms with van der Waals surface area (Å²) in [5, 5.41) is 1.19. The third kappa shape index (κ3) is 2.61. The lowest BCUT2D eigenvalue weighted by molar-refractivity contribution is 0.1000. The summed E-state index contributed by atoms with van der Waals surface area (Å²) in [7, 11) is 0. The standard InChI is InChI=1S/C15H8Cl3N3O/c16-8-3-7(4-9(17)5-8)10-1-2-20-14-12(18)11(15(19)22)6-21-13(10)14/h1-6H,(H2,19,22). The zero-order valence-electron chi connectivity index (χ0n) is 11.0. The van der Waals surface area contributed by atoms with Gasteiger partial charge in [0.25, 0.3) is 5.91 Å². The van der Waals surface area contributed by atoms with Crippen molar-refractivity contribution in [3.05, 3.63) is 57.3 Å². The molecule has 0 saturated heterocycles. The number of hydrogen-bond donors (Lipinski definition) is 1. The zero-order valence-corrected chi connectivity index (χ0v) is 13.2. The van der Waals surface area contributed by atoms with Gasteiger partial charge in [-0.3, -0.25) is 14.8 Å². The Labute approximate surface area is 140 Å². The fourth-order valence-corrected chi connectivity index (χ4v) is 2.98. The molecule has 2 N–H and O–H groups in total. The minimum Gasteiger partial charge on any atom is -0.366 e. The van der Waals surface area contributed by atoms with Crippen LogP contribution >= 0.6 is 34.8 Å². The van der Waals surface area contributed by atoms with Gasteiger partial charge in [-0.05, 0) is 29.8 Å². The average Bonchev–Trinajstić information content (AvgIpc) is 2.45. The van der Waals surface area contributed by atoms with Crippen LogP contribution in [-0.2, 0) is 0 Å². The van der Waals surface area contributed by atoms with E-state index in [1.54, 1.807) is 30.5 Å². The molecule has 0 saturated carbocycles. The highest BCUT2D eigenvalue weighted by molar-refractivity contribution is 6.38. The molecule has 0 atom stereocenters. The molecule has 7 heteroatoms. The van der Waals surface area contributed by atoms with Crippen molar-refractivity contribution in [3.8, 4) is 11.1 Å². The van der Waals surface area contributed by atoms with Gasteiger partial charge in [0.2, 0.25) is 0 Å². The van der Waals surface area contributed by atoms with E-state index < -0.39 is 5.91 Å². The lowest BCUT2D eigenvalue weighted by Crippen LogP contribution is -2.12. The molecule has 0 aliphatic carbocycles. The van der Waals surface area contributed by atoms with Crippen molar-refractivity contribution in [3.63, 3.8) is 0 Å².